The van der Waals surface area contributed by atoms with Gasteiger partial charge in [0.15, 0.2) is 0 Å². The molecule has 0 radical (unpaired) electrons. The first kappa shape index (κ1) is 24.7. The molecule has 0 aromatic heterocycles. The Morgan fingerprint density at radius 3 is 1.18 bits per heavy atom. The smallest absolute Gasteiger partial charge is 0.229 e. The van der Waals surface area contributed by atoms with Crippen LogP contribution in [0, 0.1) is 11.8 Å². The maximum absolute atomic E-state index is 11.3. The molecular weight excluding hydrogens is 395 g/mol. The fourth-order valence-corrected chi connectivity index (χ4v) is 4.93. The quantitative estimate of drug-likeness (QED) is 0.648. The molecule has 0 aromatic rings. The van der Waals surface area contributed by atoms with E-state index in [2.05, 4.69) is 21.4 Å². The number of hydrogen-bond acceptors (Lipinski definition) is 6. The molecular formula is C11H24Cl2O6S3. The van der Waals surface area contributed by atoms with Crippen molar-refractivity contribution in [2.75, 3.05) is 24.0 Å². The van der Waals surface area contributed by atoms with Crippen LogP contribution in [0.25, 0.3) is 0 Å². The van der Waals surface area contributed by atoms with Crippen molar-refractivity contribution in [3.8, 4) is 0 Å². The van der Waals surface area contributed by atoms with Gasteiger partial charge in [0.1, 0.15) is 19.7 Å². The fourth-order valence-electron chi connectivity index (χ4n) is 2.50. The van der Waals surface area contributed by atoms with E-state index < -0.39 is 27.9 Å². The van der Waals surface area contributed by atoms with Crippen LogP contribution >= 0.6 is 21.4 Å². The molecule has 11 heteroatoms. The van der Waals surface area contributed by atoms with Gasteiger partial charge in [0.05, 0.1) is 11.5 Å². The third-order valence-electron chi connectivity index (χ3n) is 3.10. The Morgan fingerprint density at radius 2 is 1.00 bits per heavy atom. The Balaban J connectivity index is 0. The molecule has 0 unspecified atom stereocenters. The Morgan fingerprint density at radius 1 is 0.773 bits per heavy atom. The van der Waals surface area contributed by atoms with E-state index in [1.165, 1.54) is 12.5 Å². The molecule has 0 heterocycles. The van der Waals surface area contributed by atoms with Crippen LogP contribution in [0.4, 0.5) is 0 Å². The number of hydrogen-bond donors (Lipinski definition) is 0. The van der Waals surface area contributed by atoms with Gasteiger partial charge in [-0.1, -0.05) is 20.3 Å². The second-order valence-corrected chi connectivity index (χ2v) is 13.4. The lowest BCUT2D eigenvalue weighted by Crippen LogP contribution is -2.31. The number of rotatable bonds is 4. The van der Waals surface area contributed by atoms with Gasteiger partial charge in [0, 0.05) is 33.9 Å². The zero-order valence-corrected chi connectivity index (χ0v) is 15.8. The Kier molecular flexibility index (Phi) is 10.8. The highest BCUT2D eigenvalue weighted by atomic mass is 36.0. The van der Waals surface area contributed by atoms with Gasteiger partial charge in [-0.2, -0.15) is 8.42 Å². The Bertz CT molecular complexity index is 575. The summed E-state index contributed by atoms with van der Waals surface area (Å²) < 4.78 is 63.4. The first-order valence-corrected chi connectivity index (χ1v) is 13.4. The molecule has 1 saturated carbocycles. The van der Waals surface area contributed by atoms with Gasteiger partial charge in [-0.05, 0) is 24.7 Å². The van der Waals surface area contributed by atoms with Crippen molar-refractivity contribution in [1.29, 1.82) is 0 Å². The number of halogens is 2. The highest BCUT2D eigenvalue weighted by Crippen LogP contribution is 2.31. The van der Waals surface area contributed by atoms with Gasteiger partial charge in [0.25, 0.3) is 0 Å². The van der Waals surface area contributed by atoms with E-state index >= 15 is 0 Å². The monoisotopic (exact) mass is 418 g/mol. The molecule has 1 aliphatic carbocycles. The second kappa shape index (κ2) is 9.66. The molecule has 0 spiro atoms. The molecule has 1 fully saturated rings. The summed E-state index contributed by atoms with van der Waals surface area (Å²) in [7, 11) is -1.20. The van der Waals surface area contributed by atoms with E-state index in [-0.39, 0.29) is 30.8 Å². The summed E-state index contributed by atoms with van der Waals surface area (Å²) in [6.45, 7) is 0. The predicted octanol–water partition coefficient (Wildman–Crippen LogP) is 2.23. The third kappa shape index (κ3) is 16.8. The molecule has 0 aromatic carbocycles. The minimum atomic E-state index is -3.72. The Labute approximate surface area is 143 Å². The van der Waals surface area contributed by atoms with E-state index in [1.54, 1.807) is 0 Å². The first-order valence-electron chi connectivity index (χ1n) is 6.17. The van der Waals surface area contributed by atoms with Crippen molar-refractivity contribution in [1.82, 2.24) is 0 Å². The van der Waals surface area contributed by atoms with Crippen LogP contribution in [0.5, 0.6) is 0 Å². The Hall–Kier alpha value is 0.430. The van der Waals surface area contributed by atoms with Crippen LogP contribution < -0.4 is 0 Å². The van der Waals surface area contributed by atoms with E-state index in [1.807, 2.05) is 0 Å². The SMILES string of the molecule is C.CS(=O)(=O)C[C@@H]1CCCC[C@H]1CS(C)(=O)=O.O=S(=O)(Cl)Cl. The molecule has 0 N–H and O–H groups in total. The lowest BCUT2D eigenvalue weighted by molar-refractivity contribution is 0.281. The highest BCUT2D eigenvalue weighted by molar-refractivity contribution is 8.31. The summed E-state index contributed by atoms with van der Waals surface area (Å²) in [5.41, 5.74) is 0. The summed E-state index contributed by atoms with van der Waals surface area (Å²) in [6.07, 6.45) is 6.15. The number of sulfone groups is 2. The largest absolute Gasteiger partial charge is 0.317 e. The maximum atomic E-state index is 11.3. The van der Waals surface area contributed by atoms with Crippen molar-refractivity contribution < 1.29 is 25.3 Å². The molecule has 6 nitrogen and oxygen atoms in total. The zero-order valence-electron chi connectivity index (χ0n) is 11.8. The van der Waals surface area contributed by atoms with Crippen LogP contribution in [0.15, 0.2) is 0 Å². The summed E-state index contributed by atoms with van der Waals surface area (Å²) in [4.78, 5) is 0. The van der Waals surface area contributed by atoms with Crippen molar-refractivity contribution in [3.63, 3.8) is 0 Å². The molecule has 136 valence electrons. The molecule has 1 rings (SSSR count). The average Bonchev–Trinajstić information content (AvgIpc) is 2.14. The minimum absolute atomic E-state index is 0. The molecule has 0 aliphatic heterocycles. The summed E-state index contributed by atoms with van der Waals surface area (Å²) in [6, 6.07) is 0. The van der Waals surface area contributed by atoms with Crippen molar-refractivity contribution in [2.24, 2.45) is 11.8 Å². The first-order chi connectivity index (χ1) is 9.17. The highest BCUT2D eigenvalue weighted by Gasteiger charge is 2.30. The van der Waals surface area contributed by atoms with Gasteiger partial charge in [-0.25, -0.2) is 16.8 Å². The van der Waals surface area contributed by atoms with Gasteiger partial charge in [0.2, 0.25) is 0 Å². The van der Waals surface area contributed by atoms with Crippen molar-refractivity contribution in [3.05, 3.63) is 0 Å². The third-order valence-corrected chi connectivity index (χ3v) is 5.17. The van der Waals surface area contributed by atoms with Crippen LogP contribution in [0.3, 0.4) is 0 Å². The van der Waals surface area contributed by atoms with Gasteiger partial charge < -0.3 is 0 Å². The molecule has 0 amide bonds. The summed E-state index contributed by atoms with van der Waals surface area (Å²) in [5.74, 6) is 0.317. The molecule has 0 saturated heterocycles. The van der Waals surface area contributed by atoms with E-state index in [0.29, 0.717) is 0 Å². The topological polar surface area (TPSA) is 102 Å². The lowest BCUT2D eigenvalue weighted by Gasteiger charge is -2.30. The van der Waals surface area contributed by atoms with E-state index in [9.17, 15) is 16.8 Å². The summed E-state index contributed by atoms with van der Waals surface area (Å²) >= 11 is 0. The van der Waals surface area contributed by atoms with Crippen LogP contribution in [-0.4, -0.2) is 49.3 Å². The van der Waals surface area contributed by atoms with E-state index in [0.717, 1.165) is 25.7 Å². The van der Waals surface area contributed by atoms with Crippen molar-refractivity contribution >= 4 is 49.3 Å². The van der Waals surface area contributed by atoms with Gasteiger partial charge >= 0.3 is 8.26 Å². The van der Waals surface area contributed by atoms with Crippen LogP contribution in [0.1, 0.15) is 33.1 Å². The average molecular weight is 419 g/mol. The van der Waals surface area contributed by atoms with Crippen molar-refractivity contribution in [2.45, 2.75) is 33.1 Å². The predicted molar refractivity (Wildman–Crippen MR) is 92.2 cm³/mol. The fraction of sp³-hybridized carbons (Fsp3) is 1.00. The second-order valence-electron chi connectivity index (χ2n) is 5.37. The van der Waals surface area contributed by atoms with Gasteiger partial charge in [-0.3, -0.25) is 0 Å². The lowest BCUT2D eigenvalue weighted by atomic mass is 9.81. The standard InChI is InChI=1S/C10H20O4S2.CH4.Cl2O2S/c1-15(11,12)7-9-5-3-4-6-10(9)8-16(2,13)14;;1-5(2,3)4/h9-10H,3-8H2,1-2H3;1H4;/t9-,10-;;/m0../s1. The molecule has 2 atom stereocenters. The maximum Gasteiger partial charge on any atom is 0.317 e. The summed E-state index contributed by atoms with van der Waals surface area (Å²) in [5, 5.41) is 0. The molecule has 22 heavy (non-hydrogen) atoms. The molecule has 1 aliphatic rings. The van der Waals surface area contributed by atoms with E-state index in [4.69, 9.17) is 8.42 Å². The van der Waals surface area contributed by atoms with Crippen LogP contribution in [-0.2, 0) is 27.9 Å². The molecule has 0 bridgehead atoms. The zero-order chi connectivity index (χ0) is 16.9. The van der Waals surface area contributed by atoms with Gasteiger partial charge in [-0.15, -0.1) is 0 Å². The normalized spacial score (nSPS) is 22.9. The minimum Gasteiger partial charge on any atom is -0.229 e. The van der Waals surface area contributed by atoms with Crippen LogP contribution in [0.2, 0.25) is 0 Å².